The molecule has 0 bridgehead atoms. The summed E-state index contributed by atoms with van der Waals surface area (Å²) in [4.78, 5) is 10.9. The fraction of sp³-hybridized carbons (Fsp3) is 0.385. The monoisotopic (exact) mass is 312 g/mol. The van der Waals surface area contributed by atoms with E-state index in [1.165, 1.54) is 19.2 Å². The zero-order valence-corrected chi connectivity index (χ0v) is 12.4. The molecule has 1 aromatic carbocycles. The predicted molar refractivity (Wildman–Crippen MR) is 76.2 cm³/mol. The number of ether oxygens (including phenoxy) is 2. The minimum absolute atomic E-state index is 0.0539. The van der Waals surface area contributed by atoms with Crippen LogP contribution < -0.4 is 9.46 Å². The summed E-state index contributed by atoms with van der Waals surface area (Å²) in [5.41, 5.74) is 0.386. The standard InChI is InChI=1S/C13H16N2O5S/c1-19-13(16)3-2-10-21(17,18)15-11-4-6-12(7-5-11)20-9-8-14/h4-7,15H,2-3,9-10H2,1H3. The van der Waals surface area contributed by atoms with Crippen LogP contribution >= 0.6 is 0 Å². The molecule has 0 aromatic heterocycles. The number of nitrogens with one attached hydrogen (secondary N) is 1. The van der Waals surface area contributed by atoms with Gasteiger partial charge in [-0.1, -0.05) is 0 Å². The van der Waals surface area contributed by atoms with E-state index in [9.17, 15) is 13.2 Å². The second kappa shape index (κ2) is 8.11. The minimum Gasteiger partial charge on any atom is -0.479 e. The Morgan fingerprint density at radius 1 is 1.33 bits per heavy atom. The Balaban J connectivity index is 2.51. The molecule has 21 heavy (non-hydrogen) atoms. The van der Waals surface area contributed by atoms with Crippen LogP contribution in [0.15, 0.2) is 24.3 Å². The van der Waals surface area contributed by atoms with Crippen molar-refractivity contribution in [1.82, 2.24) is 0 Å². The lowest BCUT2D eigenvalue weighted by Gasteiger charge is -2.08. The van der Waals surface area contributed by atoms with Crippen molar-refractivity contribution in [3.63, 3.8) is 0 Å². The zero-order valence-electron chi connectivity index (χ0n) is 11.5. The van der Waals surface area contributed by atoms with Crippen molar-refractivity contribution in [3.8, 4) is 11.8 Å². The van der Waals surface area contributed by atoms with Gasteiger partial charge in [0.15, 0.2) is 6.61 Å². The number of hydrogen-bond donors (Lipinski definition) is 1. The third-order valence-corrected chi connectivity index (χ3v) is 3.83. The van der Waals surface area contributed by atoms with Crippen molar-refractivity contribution < 1.29 is 22.7 Å². The molecule has 0 heterocycles. The van der Waals surface area contributed by atoms with Gasteiger partial charge in [0.1, 0.15) is 11.8 Å². The second-order valence-electron chi connectivity index (χ2n) is 4.07. The molecule has 0 fully saturated rings. The first-order valence-corrected chi connectivity index (χ1v) is 7.79. The fourth-order valence-corrected chi connectivity index (χ4v) is 2.60. The van der Waals surface area contributed by atoms with Crippen LogP contribution in [0.2, 0.25) is 0 Å². The normalized spacial score (nSPS) is 10.5. The highest BCUT2D eigenvalue weighted by Crippen LogP contribution is 2.17. The average molecular weight is 312 g/mol. The van der Waals surface area contributed by atoms with E-state index in [1.807, 2.05) is 6.07 Å². The first-order chi connectivity index (χ1) is 9.96. The smallest absolute Gasteiger partial charge is 0.305 e. The third-order valence-electron chi connectivity index (χ3n) is 2.45. The van der Waals surface area contributed by atoms with Gasteiger partial charge in [-0.3, -0.25) is 9.52 Å². The maximum Gasteiger partial charge on any atom is 0.305 e. The summed E-state index contributed by atoms with van der Waals surface area (Å²) in [5.74, 6) is -0.135. The van der Waals surface area contributed by atoms with Gasteiger partial charge < -0.3 is 9.47 Å². The van der Waals surface area contributed by atoms with E-state index in [-0.39, 0.29) is 25.2 Å². The molecule has 0 aliphatic rings. The lowest BCUT2D eigenvalue weighted by atomic mass is 10.3. The molecule has 0 saturated heterocycles. The van der Waals surface area contributed by atoms with Crippen molar-refractivity contribution in [3.05, 3.63) is 24.3 Å². The lowest BCUT2D eigenvalue weighted by Crippen LogP contribution is -2.17. The molecule has 0 spiro atoms. The highest BCUT2D eigenvalue weighted by Gasteiger charge is 2.12. The molecular weight excluding hydrogens is 296 g/mol. The maximum absolute atomic E-state index is 11.8. The van der Waals surface area contributed by atoms with Crippen LogP contribution in [0.4, 0.5) is 5.69 Å². The Labute approximate surface area is 123 Å². The SMILES string of the molecule is COC(=O)CCCS(=O)(=O)Nc1ccc(OCC#N)cc1. The number of methoxy groups -OCH3 is 1. The van der Waals surface area contributed by atoms with E-state index >= 15 is 0 Å². The number of hydrogen-bond acceptors (Lipinski definition) is 6. The van der Waals surface area contributed by atoms with Gasteiger partial charge in [0.25, 0.3) is 0 Å². The molecule has 1 rings (SSSR count). The number of rotatable bonds is 8. The Morgan fingerprint density at radius 2 is 2.00 bits per heavy atom. The third kappa shape index (κ3) is 6.63. The summed E-state index contributed by atoms with van der Waals surface area (Å²) >= 11 is 0. The first-order valence-electron chi connectivity index (χ1n) is 6.14. The highest BCUT2D eigenvalue weighted by atomic mass is 32.2. The van der Waals surface area contributed by atoms with Gasteiger partial charge in [0.05, 0.1) is 12.9 Å². The summed E-state index contributed by atoms with van der Waals surface area (Å²) in [6.45, 7) is -0.0708. The van der Waals surface area contributed by atoms with Crippen molar-refractivity contribution >= 4 is 21.7 Å². The molecule has 1 N–H and O–H groups in total. The number of nitrogens with zero attached hydrogens (tertiary/aromatic N) is 1. The van der Waals surface area contributed by atoms with Crippen LogP contribution in [0.25, 0.3) is 0 Å². The maximum atomic E-state index is 11.8. The van der Waals surface area contributed by atoms with Gasteiger partial charge in [-0.2, -0.15) is 5.26 Å². The molecule has 1 aromatic rings. The van der Waals surface area contributed by atoms with E-state index in [0.717, 1.165) is 0 Å². The van der Waals surface area contributed by atoms with Crippen molar-refractivity contribution in [2.24, 2.45) is 0 Å². The van der Waals surface area contributed by atoms with Crippen LogP contribution in [0.1, 0.15) is 12.8 Å². The molecular formula is C13H16N2O5S. The number of sulfonamides is 1. The topological polar surface area (TPSA) is 105 Å². The average Bonchev–Trinajstić information content (AvgIpc) is 2.45. The van der Waals surface area contributed by atoms with Crippen molar-refractivity contribution in [1.29, 1.82) is 5.26 Å². The van der Waals surface area contributed by atoms with Crippen LogP contribution in [-0.2, 0) is 19.6 Å². The van der Waals surface area contributed by atoms with Gasteiger partial charge in [-0.05, 0) is 30.7 Å². The first kappa shape index (κ1) is 16.8. The van der Waals surface area contributed by atoms with Crippen LogP contribution in [-0.4, -0.2) is 33.9 Å². The predicted octanol–water partition coefficient (Wildman–Crippen LogP) is 1.28. The number of nitriles is 1. The molecule has 0 atom stereocenters. The van der Waals surface area contributed by atoms with E-state index in [1.54, 1.807) is 12.1 Å². The quantitative estimate of drug-likeness (QED) is 0.725. The van der Waals surface area contributed by atoms with E-state index in [4.69, 9.17) is 10.00 Å². The largest absolute Gasteiger partial charge is 0.479 e. The van der Waals surface area contributed by atoms with E-state index < -0.39 is 16.0 Å². The summed E-state index contributed by atoms with van der Waals surface area (Å²) in [5, 5.41) is 8.37. The van der Waals surface area contributed by atoms with Gasteiger partial charge >= 0.3 is 5.97 Å². The number of carbonyl (C=O) groups is 1. The molecule has 0 saturated carbocycles. The molecule has 0 radical (unpaired) electrons. The Morgan fingerprint density at radius 3 is 2.57 bits per heavy atom. The number of anilines is 1. The van der Waals surface area contributed by atoms with E-state index in [2.05, 4.69) is 9.46 Å². The molecule has 8 heteroatoms. The lowest BCUT2D eigenvalue weighted by molar-refractivity contribution is -0.140. The van der Waals surface area contributed by atoms with Crippen LogP contribution in [0, 0.1) is 11.3 Å². The molecule has 0 amide bonds. The highest BCUT2D eigenvalue weighted by molar-refractivity contribution is 7.92. The van der Waals surface area contributed by atoms with Gasteiger partial charge in [-0.25, -0.2) is 8.42 Å². The Hall–Kier alpha value is -2.27. The van der Waals surface area contributed by atoms with Crippen LogP contribution in [0.5, 0.6) is 5.75 Å². The molecule has 0 aliphatic carbocycles. The zero-order chi connectivity index (χ0) is 15.7. The molecule has 0 aliphatic heterocycles. The van der Waals surface area contributed by atoms with Gasteiger partial charge in [-0.15, -0.1) is 0 Å². The number of carbonyl (C=O) groups excluding carboxylic acids is 1. The number of esters is 1. The Bertz CT molecular complexity index is 604. The number of benzene rings is 1. The van der Waals surface area contributed by atoms with Gasteiger partial charge in [0, 0.05) is 12.1 Å². The summed E-state index contributed by atoms with van der Waals surface area (Å²) in [7, 11) is -2.26. The molecule has 114 valence electrons. The van der Waals surface area contributed by atoms with Crippen molar-refractivity contribution in [2.45, 2.75) is 12.8 Å². The van der Waals surface area contributed by atoms with Gasteiger partial charge in [0.2, 0.25) is 10.0 Å². The minimum atomic E-state index is -3.52. The molecule has 7 nitrogen and oxygen atoms in total. The fourth-order valence-electron chi connectivity index (χ4n) is 1.47. The van der Waals surface area contributed by atoms with Crippen molar-refractivity contribution in [2.75, 3.05) is 24.2 Å². The summed E-state index contributed by atoms with van der Waals surface area (Å²) < 4.78 is 35.5. The van der Waals surface area contributed by atoms with Crippen LogP contribution in [0.3, 0.4) is 0 Å². The Kier molecular flexibility index (Phi) is 6.49. The second-order valence-corrected chi connectivity index (χ2v) is 5.91. The molecule has 0 unspecified atom stereocenters. The summed E-state index contributed by atoms with van der Waals surface area (Å²) in [6.07, 6.45) is 0.240. The summed E-state index contributed by atoms with van der Waals surface area (Å²) in [6, 6.07) is 8.02. The van der Waals surface area contributed by atoms with E-state index in [0.29, 0.717) is 11.4 Å².